The maximum atomic E-state index is 15.6. The Balaban J connectivity index is 1.43. The number of ether oxygens (including phenoxy) is 3. The van der Waals surface area contributed by atoms with Crippen molar-refractivity contribution < 1.29 is 42.6 Å². The van der Waals surface area contributed by atoms with E-state index in [4.69, 9.17) is 23.2 Å². The van der Waals surface area contributed by atoms with E-state index in [0.717, 1.165) is 23.0 Å². The van der Waals surface area contributed by atoms with Crippen LogP contribution in [-0.2, 0) is 36.7 Å². The van der Waals surface area contributed by atoms with Crippen molar-refractivity contribution in [1.29, 1.82) is 0 Å². The molecular weight excluding hydrogens is 741 g/mol. The van der Waals surface area contributed by atoms with E-state index in [0.29, 0.717) is 48.5 Å². The molecule has 12 heteroatoms. The van der Waals surface area contributed by atoms with Crippen LogP contribution in [0.4, 0.5) is 0 Å². The number of nitrogens with zero attached hydrogens (tertiary/aromatic N) is 2. The van der Waals surface area contributed by atoms with Crippen molar-refractivity contribution in [2.75, 3.05) is 21.2 Å². The molecular formula is C45H54N2O9Si. The molecule has 0 aliphatic heterocycles. The summed E-state index contributed by atoms with van der Waals surface area (Å²) in [5, 5.41) is 17.0. The molecule has 4 aliphatic carbocycles. The van der Waals surface area contributed by atoms with E-state index in [1.807, 2.05) is 92.8 Å². The number of aromatic nitrogens is 1. The lowest BCUT2D eigenvalue weighted by atomic mass is 9.57. The van der Waals surface area contributed by atoms with E-state index in [9.17, 15) is 9.90 Å². The number of Topliss-reactive ketones (excluding diaryl/α,β-unsaturated/α-hetero) is 2. The van der Waals surface area contributed by atoms with Crippen molar-refractivity contribution in [2.24, 2.45) is 17.8 Å². The van der Waals surface area contributed by atoms with Gasteiger partial charge in [0.15, 0.2) is 25.5 Å². The third kappa shape index (κ3) is 6.99. The van der Waals surface area contributed by atoms with E-state index in [1.165, 1.54) is 0 Å². The van der Waals surface area contributed by atoms with E-state index < -0.39 is 43.4 Å². The maximum Gasteiger partial charge on any atom is 0.265 e. The summed E-state index contributed by atoms with van der Waals surface area (Å²) in [7, 11) is 2.50. The molecule has 0 amide bonds. The molecule has 0 radical (unpaired) electrons. The van der Waals surface area contributed by atoms with Crippen LogP contribution in [0.1, 0.15) is 86.2 Å². The Morgan fingerprint density at radius 1 is 0.982 bits per heavy atom. The van der Waals surface area contributed by atoms with Crippen molar-refractivity contribution >= 4 is 26.2 Å². The number of hydrogen-bond donors (Lipinski definition) is 1. The Morgan fingerprint density at radius 2 is 1.61 bits per heavy atom. The molecule has 1 fully saturated rings. The Hall–Kier alpha value is -4.78. The third-order valence-corrected chi connectivity index (χ3v) is 17.1. The van der Waals surface area contributed by atoms with Gasteiger partial charge < -0.3 is 33.1 Å². The van der Waals surface area contributed by atoms with Gasteiger partial charge in [0, 0.05) is 35.8 Å². The summed E-state index contributed by atoms with van der Waals surface area (Å²) in [6, 6.07) is 18.7. The number of carbonyl (C=O) groups excluding carboxylic acids is 3. The molecule has 1 saturated carbocycles. The van der Waals surface area contributed by atoms with Crippen LogP contribution in [-0.4, -0.2) is 68.1 Å². The summed E-state index contributed by atoms with van der Waals surface area (Å²) in [6.45, 7) is 10.7. The summed E-state index contributed by atoms with van der Waals surface area (Å²) in [4.78, 5) is 44.6. The molecule has 302 valence electrons. The summed E-state index contributed by atoms with van der Waals surface area (Å²) in [5.41, 5.74) is 1.15. The van der Waals surface area contributed by atoms with E-state index in [-0.39, 0.29) is 53.4 Å². The van der Waals surface area contributed by atoms with Crippen LogP contribution in [0.2, 0.25) is 18.1 Å². The minimum Gasteiger partial charge on any atom is -0.508 e. The third-order valence-electron chi connectivity index (χ3n) is 12.7. The molecule has 0 saturated heterocycles. The number of carbonyl (C=O) groups is 3. The van der Waals surface area contributed by atoms with Gasteiger partial charge in [-0.25, -0.2) is 0 Å². The van der Waals surface area contributed by atoms with Gasteiger partial charge in [-0.1, -0.05) is 81.4 Å². The predicted molar refractivity (Wildman–Crippen MR) is 216 cm³/mol. The maximum absolute atomic E-state index is 15.6. The largest absolute Gasteiger partial charge is 0.508 e. The standard InChI is InChI=1S/C45H54N2O9Si/c1-44(2,3)57(7,8)56-45-32(37(47(4)5)40-36(42(45)51)43(46-55-40)54-26-28-18-13-10-14-19-28)23-30-22-31-33(52-6)24-29(20-15-21-48)39(35(31)38(49)34(30)41(45)50)53-25-27-16-11-9-12-17-27/h9-14,16-19,21,29-30,32,37,50H,15,20,22-26H2,1-8H3/t29?,30-,32-,37-,45-/m0/s1. The number of methoxy groups -OCH3 is 1. The number of aliphatic hydroxyl groups excluding tert-OH is 1. The van der Waals surface area contributed by atoms with E-state index >= 15 is 9.59 Å². The Bertz CT molecular complexity index is 2130. The van der Waals surface area contributed by atoms with Gasteiger partial charge in [-0.05, 0) is 73.7 Å². The Kier molecular flexibility index (Phi) is 11.0. The van der Waals surface area contributed by atoms with Crippen LogP contribution in [0.5, 0.6) is 5.88 Å². The highest BCUT2D eigenvalue weighted by atomic mass is 28.4. The highest BCUT2D eigenvalue weighted by Gasteiger charge is 2.67. The SMILES string of the molecule is COC1=C2C[C@H]3C[C@H]4[C@H](N(C)C)c5onc(OCc6ccccc6)c5C(=O)[C@@]4(O[Si](C)(C)C(C)(C)C)C(O)=C3C(=O)C2=C(OCc2ccccc2)C(CCC=O)C1. The molecule has 0 spiro atoms. The molecule has 7 rings (SSSR count). The summed E-state index contributed by atoms with van der Waals surface area (Å²) >= 11 is 0. The molecule has 11 nitrogen and oxygen atoms in total. The number of rotatable bonds is 13. The van der Waals surface area contributed by atoms with Crippen molar-refractivity contribution in [3.63, 3.8) is 0 Å². The minimum absolute atomic E-state index is 0.0109. The van der Waals surface area contributed by atoms with Gasteiger partial charge in [0.25, 0.3) is 5.88 Å². The zero-order chi connectivity index (χ0) is 40.9. The molecule has 1 heterocycles. The molecule has 5 atom stereocenters. The molecule has 0 bridgehead atoms. The number of allylic oxidation sites excluding steroid dienone is 5. The normalized spacial score (nSPS) is 24.9. The van der Waals surface area contributed by atoms with Gasteiger partial charge in [-0.2, -0.15) is 0 Å². The zero-order valence-electron chi connectivity index (χ0n) is 34.2. The summed E-state index contributed by atoms with van der Waals surface area (Å²) in [5.74, 6) is -1.29. The lowest BCUT2D eigenvalue weighted by molar-refractivity contribution is -0.115. The first kappa shape index (κ1) is 40.4. The second-order valence-electron chi connectivity index (χ2n) is 17.4. The van der Waals surface area contributed by atoms with Gasteiger partial charge in [-0.3, -0.25) is 14.5 Å². The highest BCUT2D eigenvalue weighted by molar-refractivity contribution is 6.74. The topological polar surface area (TPSA) is 138 Å². The molecule has 2 aromatic carbocycles. The number of aldehydes is 1. The Morgan fingerprint density at radius 3 is 2.19 bits per heavy atom. The predicted octanol–water partition coefficient (Wildman–Crippen LogP) is 8.60. The number of ketones is 2. The van der Waals surface area contributed by atoms with Gasteiger partial charge in [-0.15, -0.1) is 0 Å². The van der Waals surface area contributed by atoms with E-state index in [2.05, 4.69) is 25.9 Å². The quantitative estimate of drug-likeness (QED) is 0.132. The average molecular weight is 795 g/mol. The van der Waals surface area contributed by atoms with Gasteiger partial charge in [0.2, 0.25) is 5.78 Å². The number of hydrogen-bond acceptors (Lipinski definition) is 11. The number of fused-ring (bicyclic) bond motifs is 4. The fraction of sp³-hybridized carbons (Fsp3) is 0.467. The molecule has 1 N–H and O–H groups in total. The number of benzene rings is 2. The summed E-state index contributed by atoms with van der Waals surface area (Å²) < 4.78 is 32.1. The highest BCUT2D eigenvalue weighted by Crippen LogP contribution is 2.61. The second kappa shape index (κ2) is 15.5. The first-order valence-electron chi connectivity index (χ1n) is 19.8. The Labute approximate surface area is 335 Å². The van der Waals surface area contributed by atoms with Crippen LogP contribution >= 0.6 is 0 Å². The molecule has 3 aromatic rings. The minimum atomic E-state index is -2.90. The van der Waals surface area contributed by atoms with Gasteiger partial charge in [0.05, 0.1) is 18.7 Å². The molecule has 1 unspecified atom stereocenters. The average Bonchev–Trinajstić information content (AvgIpc) is 3.60. The fourth-order valence-corrected chi connectivity index (χ4v) is 10.3. The van der Waals surface area contributed by atoms with Crippen molar-refractivity contribution in [3.05, 3.63) is 117 Å². The van der Waals surface area contributed by atoms with Crippen molar-refractivity contribution in [3.8, 4) is 5.88 Å². The lowest BCUT2D eigenvalue weighted by Crippen LogP contribution is -2.65. The van der Waals surface area contributed by atoms with Crippen LogP contribution < -0.4 is 4.74 Å². The molecule has 4 aliphatic rings. The monoisotopic (exact) mass is 794 g/mol. The van der Waals surface area contributed by atoms with Gasteiger partial charge >= 0.3 is 0 Å². The zero-order valence-corrected chi connectivity index (χ0v) is 35.2. The van der Waals surface area contributed by atoms with Crippen LogP contribution in [0.15, 0.2) is 99.2 Å². The van der Waals surface area contributed by atoms with Crippen LogP contribution in [0.3, 0.4) is 0 Å². The van der Waals surface area contributed by atoms with Crippen LogP contribution in [0.25, 0.3) is 0 Å². The van der Waals surface area contributed by atoms with Crippen molar-refractivity contribution in [2.45, 2.75) is 95.9 Å². The molecule has 57 heavy (non-hydrogen) atoms. The fourth-order valence-electron chi connectivity index (χ4n) is 8.89. The van der Waals surface area contributed by atoms with Gasteiger partial charge in [0.1, 0.15) is 42.3 Å². The van der Waals surface area contributed by atoms with Crippen LogP contribution in [0, 0.1) is 17.8 Å². The first-order valence-corrected chi connectivity index (χ1v) is 22.7. The first-order chi connectivity index (χ1) is 27.1. The second-order valence-corrected chi connectivity index (χ2v) is 22.2. The summed E-state index contributed by atoms with van der Waals surface area (Å²) in [6.07, 6.45) is 2.76. The lowest BCUT2D eigenvalue weighted by Gasteiger charge is -2.55. The van der Waals surface area contributed by atoms with Crippen molar-refractivity contribution in [1.82, 2.24) is 10.1 Å². The smallest absolute Gasteiger partial charge is 0.265 e. The molecule has 1 aromatic heterocycles. The number of aliphatic hydroxyl groups is 1. The van der Waals surface area contributed by atoms with E-state index in [1.54, 1.807) is 7.11 Å².